The van der Waals surface area contributed by atoms with Crippen LogP contribution in [-0.2, 0) is 4.79 Å². The summed E-state index contributed by atoms with van der Waals surface area (Å²) < 4.78 is 13.2. The van der Waals surface area contributed by atoms with Crippen LogP contribution in [0.5, 0.6) is 0 Å². The Bertz CT molecular complexity index is 342. The van der Waals surface area contributed by atoms with Gasteiger partial charge in [-0.3, -0.25) is 9.69 Å². The van der Waals surface area contributed by atoms with Crippen LogP contribution in [0.4, 0.5) is 10.1 Å². The van der Waals surface area contributed by atoms with E-state index in [0.29, 0.717) is 17.3 Å². The maximum absolute atomic E-state index is 13.2. The van der Waals surface area contributed by atoms with Crippen molar-refractivity contribution in [1.82, 2.24) is 0 Å². The van der Waals surface area contributed by atoms with Crippen LogP contribution in [-0.4, -0.2) is 17.5 Å². The van der Waals surface area contributed by atoms with E-state index in [-0.39, 0.29) is 11.7 Å². The molecule has 1 amide bonds. The number of carbonyl (C=O) groups is 1. The van der Waals surface area contributed by atoms with Crippen molar-refractivity contribution in [3.8, 4) is 0 Å². The molecular weight excluding hydrogens is 189 g/mol. The lowest BCUT2D eigenvalue weighted by molar-refractivity contribution is -0.115. The summed E-state index contributed by atoms with van der Waals surface area (Å²) in [5.74, 6) is 0.655. The first kappa shape index (κ1) is 8.56. The van der Waals surface area contributed by atoms with Crippen molar-refractivity contribution < 1.29 is 9.18 Å². The molecule has 0 radical (unpaired) electrons. The predicted molar refractivity (Wildman–Crippen MR) is 51.2 cm³/mol. The number of anilines is 1. The smallest absolute Gasteiger partial charge is 0.237 e. The van der Waals surface area contributed by atoms with Crippen LogP contribution < -0.4 is 4.90 Å². The van der Waals surface area contributed by atoms with Gasteiger partial charge in [-0.2, -0.15) is 0 Å². The number of rotatable bonds is 1. The molecular formula is C9H8FNOS. The number of hydrogen-bond donors (Lipinski definition) is 0. The molecule has 0 bridgehead atoms. The highest BCUT2D eigenvalue weighted by molar-refractivity contribution is 8.00. The zero-order chi connectivity index (χ0) is 9.26. The second-order valence-electron chi connectivity index (χ2n) is 2.75. The fourth-order valence-corrected chi connectivity index (χ4v) is 2.14. The minimum absolute atomic E-state index is 0.0184. The molecule has 1 aliphatic heterocycles. The maximum Gasteiger partial charge on any atom is 0.237 e. The molecule has 0 aliphatic carbocycles. The minimum Gasteiger partial charge on any atom is -0.299 e. The van der Waals surface area contributed by atoms with Crippen LogP contribution in [0.25, 0.3) is 0 Å². The van der Waals surface area contributed by atoms with Crippen molar-refractivity contribution in [3.05, 3.63) is 30.1 Å². The summed E-state index contributed by atoms with van der Waals surface area (Å²) in [6.45, 7) is 0. The lowest BCUT2D eigenvalue weighted by Gasteiger charge is -2.14. The van der Waals surface area contributed by atoms with Gasteiger partial charge in [-0.05, 0) is 12.1 Å². The quantitative estimate of drug-likeness (QED) is 0.685. The predicted octanol–water partition coefficient (Wildman–Crippen LogP) is 1.86. The lowest BCUT2D eigenvalue weighted by Crippen LogP contribution is -2.25. The van der Waals surface area contributed by atoms with E-state index in [2.05, 4.69) is 0 Å². The average molecular weight is 197 g/mol. The Kier molecular flexibility index (Phi) is 2.22. The summed E-state index contributed by atoms with van der Waals surface area (Å²) in [4.78, 5) is 12.7. The molecule has 13 heavy (non-hydrogen) atoms. The first-order valence-electron chi connectivity index (χ1n) is 3.91. The minimum atomic E-state index is -0.335. The summed E-state index contributed by atoms with van der Waals surface area (Å²) in [7, 11) is 0. The summed E-state index contributed by atoms with van der Waals surface area (Å²) in [6.07, 6.45) is 0. The molecule has 68 valence electrons. The van der Waals surface area contributed by atoms with Crippen LogP contribution in [0.3, 0.4) is 0 Å². The maximum atomic E-state index is 13.2. The Morgan fingerprint density at radius 1 is 1.38 bits per heavy atom. The standard InChI is InChI=1S/C9H8FNOS/c10-7-3-1-2-4-8(7)11-6-13-5-9(11)12/h1-4H,5-6H2. The van der Waals surface area contributed by atoms with Crippen molar-refractivity contribution in [3.63, 3.8) is 0 Å². The molecule has 1 fully saturated rings. The third-order valence-electron chi connectivity index (χ3n) is 1.89. The van der Waals surface area contributed by atoms with Crippen LogP contribution in [0.1, 0.15) is 0 Å². The number of nitrogens with zero attached hydrogens (tertiary/aromatic N) is 1. The zero-order valence-corrected chi connectivity index (χ0v) is 7.68. The van der Waals surface area contributed by atoms with Gasteiger partial charge in [0.15, 0.2) is 0 Å². The number of amides is 1. The van der Waals surface area contributed by atoms with Crippen LogP contribution in [0.2, 0.25) is 0 Å². The molecule has 1 saturated heterocycles. The van der Waals surface area contributed by atoms with Crippen LogP contribution >= 0.6 is 11.8 Å². The molecule has 0 unspecified atom stereocenters. The molecule has 2 rings (SSSR count). The molecule has 0 atom stereocenters. The van der Waals surface area contributed by atoms with Crippen molar-refractivity contribution >= 4 is 23.4 Å². The Labute approximate surface area is 79.7 Å². The number of hydrogen-bond acceptors (Lipinski definition) is 2. The van der Waals surface area contributed by atoms with Gasteiger partial charge in [0, 0.05) is 0 Å². The Morgan fingerprint density at radius 2 is 2.15 bits per heavy atom. The van der Waals surface area contributed by atoms with E-state index >= 15 is 0 Å². The van der Waals surface area contributed by atoms with E-state index in [1.165, 1.54) is 22.7 Å². The van der Waals surface area contributed by atoms with Crippen molar-refractivity contribution in [2.75, 3.05) is 16.5 Å². The normalized spacial score (nSPS) is 16.7. The van der Waals surface area contributed by atoms with E-state index < -0.39 is 0 Å². The molecule has 4 heteroatoms. The van der Waals surface area contributed by atoms with E-state index in [1.54, 1.807) is 18.2 Å². The third-order valence-corrected chi connectivity index (χ3v) is 2.78. The highest BCUT2D eigenvalue weighted by Gasteiger charge is 2.23. The average Bonchev–Trinajstić information content (AvgIpc) is 2.52. The van der Waals surface area contributed by atoms with E-state index in [4.69, 9.17) is 0 Å². The van der Waals surface area contributed by atoms with E-state index in [0.717, 1.165) is 0 Å². The molecule has 1 aliphatic rings. The number of carbonyl (C=O) groups excluding carboxylic acids is 1. The van der Waals surface area contributed by atoms with Gasteiger partial charge in [0.05, 0.1) is 17.3 Å². The largest absolute Gasteiger partial charge is 0.299 e. The lowest BCUT2D eigenvalue weighted by atomic mass is 10.3. The summed E-state index contributed by atoms with van der Waals surface area (Å²) in [5, 5.41) is 0. The molecule has 1 aromatic rings. The van der Waals surface area contributed by atoms with Crippen molar-refractivity contribution in [2.45, 2.75) is 0 Å². The number of benzene rings is 1. The molecule has 2 nitrogen and oxygen atoms in total. The second-order valence-corrected chi connectivity index (χ2v) is 3.71. The van der Waals surface area contributed by atoms with Gasteiger partial charge in [0.25, 0.3) is 0 Å². The summed E-state index contributed by atoms with van der Waals surface area (Å²) in [5.41, 5.74) is 0.387. The Hall–Kier alpha value is -1.03. The van der Waals surface area contributed by atoms with Crippen molar-refractivity contribution in [1.29, 1.82) is 0 Å². The molecule has 1 aromatic carbocycles. The molecule has 0 N–H and O–H groups in total. The van der Waals surface area contributed by atoms with Gasteiger partial charge in [0.1, 0.15) is 5.82 Å². The SMILES string of the molecule is O=C1CSCN1c1ccccc1F. The highest BCUT2D eigenvalue weighted by Crippen LogP contribution is 2.25. The third kappa shape index (κ3) is 1.54. The Balaban J connectivity index is 2.34. The van der Waals surface area contributed by atoms with Crippen LogP contribution in [0, 0.1) is 5.82 Å². The van der Waals surface area contributed by atoms with Gasteiger partial charge in [-0.15, -0.1) is 11.8 Å². The number of para-hydroxylation sites is 1. The molecule has 0 saturated carbocycles. The van der Waals surface area contributed by atoms with Gasteiger partial charge >= 0.3 is 0 Å². The Morgan fingerprint density at radius 3 is 2.77 bits per heavy atom. The first-order chi connectivity index (χ1) is 6.29. The van der Waals surface area contributed by atoms with E-state index in [1.807, 2.05) is 0 Å². The second kappa shape index (κ2) is 3.38. The van der Waals surface area contributed by atoms with E-state index in [9.17, 15) is 9.18 Å². The highest BCUT2D eigenvalue weighted by atomic mass is 32.2. The fraction of sp³-hybridized carbons (Fsp3) is 0.222. The van der Waals surface area contributed by atoms with Gasteiger partial charge in [-0.1, -0.05) is 12.1 Å². The monoisotopic (exact) mass is 197 g/mol. The molecule has 0 spiro atoms. The van der Waals surface area contributed by atoms with Gasteiger partial charge < -0.3 is 0 Å². The zero-order valence-electron chi connectivity index (χ0n) is 6.87. The molecule has 0 aromatic heterocycles. The summed E-state index contributed by atoms with van der Waals surface area (Å²) in [6, 6.07) is 6.34. The van der Waals surface area contributed by atoms with Crippen LogP contribution in [0.15, 0.2) is 24.3 Å². The fourth-order valence-electron chi connectivity index (χ4n) is 1.25. The number of halogens is 1. The van der Waals surface area contributed by atoms with Gasteiger partial charge in [0.2, 0.25) is 5.91 Å². The van der Waals surface area contributed by atoms with Crippen molar-refractivity contribution in [2.24, 2.45) is 0 Å². The molecule has 1 heterocycles. The number of thioether (sulfide) groups is 1. The first-order valence-corrected chi connectivity index (χ1v) is 5.07. The summed E-state index contributed by atoms with van der Waals surface area (Å²) >= 11 is 1.50. The van der Waals surface area contributed by atoms with Gasteiger partial charge in [-0.25, -0.2) is 4.39 Å². The topological polar surface area (TPSA) is 20.3 Å².